The fourth-order valence-electron chi connectivity index (χ4n) is 2.84. The minimum Gasteiger partial charge on any atom is -0.475 e. The maximum absolute atomic E-state index is 11.8. The number of carbonyl (C=O) groups is 1. The SMILES string of the molecule is COc1nn(-c2cccc(NCCC(C)CCCC(C)(C)OC)c2)c(=O)o1.O=C(O)C(F)(F)F. The molecule has 0 spiro atoms. The van der Waals surface area contributed by atoms with Crippen LogP contribution in [0.5, 0.6) is 6.08 Å². The Balaban J connectivity index is 0.000000718. The van der Waals surface area contributed by atoms with E-state index in [2.05, 4.69) is 31.2 Å². The number of carboxylic acid groups (broad SMARTS) is 1. The predicted molar refractivity (Wildman–Crippen MR) is 120 cm³/mol. The van der Waals surface area contributed by atoms with E-state index in [1.165, 1.54) is 18.2 Å². The minimum absolute atomic E-state index is 0.0414. The van der Waals surface area contributed by atoms with Crippen LogP contribution in [0.25, 0.3) is 5.69 Å². The number of aliphatic carboxylic acids is 1. The van der Waals surface area contributed by atoms with Crippen LogP contribution in [0.3, 0.4) is 0 Å². The van der Waals surface area contributed by atoms with Gasteiger partial charge in [0.05, 0.1) is 18.4 Å². The Labute approximate surface area is 195 Å². The first-order valence-corrected chi connectivity index (χ1v) is 10.6. The van der Waals surface area contributed by atoms with Crippen molar-refractivity contribution in [3.05, 3.63) is 34.8 Å². The highest BCUT2D eigenvalue weighted by Gasteiger charge is 2.38. The molecule has 0 aliphatic heterocycles. The quantitative estimate of drug-likeness (QED) is 0.472. The highest BCUT2D eigenvalue weighted by molar-refractivity contribution is 5.73. The van der Waals surface area contributed by atoms with E-state index in [-0.39, 0.29) is 11.7 Å². The minimum atomic E-state index is -5.08. The van der Waals surface area contributed by atoms with Gasteiger partial charge in [0.25, 0.3) is 0 Å². The molecule has 192 valence electrons. The molecule has 1 aromatic carbocycles. The molecular weight excluding hydrogens is 459 g/mol. The number of ether oxygens (including phenoxy) is 2. The van der Waals surface area contributed by atoms with Gasteiger partial charge in [-0.2, -0.15) is 17.9 Å². The Kier molecular flexibility index (Phi) is 11.1. The third kappa shape index (κ3) is 10.3. The molecule has 0 amide bonds. The van der Waals surface area contributed by atoms with Crippen LogP contribution in [0.15, 0.2) is 33.5 Å². The summed E-state index contributed by atoms with van der Waals surface area (Å²) in [7, 11) is 3.18. The Morgan fingerprint density at radius 2 is 1.91 bits per heavy atom. The number of alkyl halides is 3. The first-order chi connectivity index (χ1) is 15.8. The summed E-state index contributed by atoms with van der Waals surface area (Å²) in [6, 6.07) is 7.52. The zero-order valence-corrected chi connectivity index (χ0v) is 19.9. The maximum Gasteiger partial charge on any atom is 0.490 e. The summed E-state index contributed by atoms with van der Waals surface area (Å²) in [5.74, 6) is -2.69. The van der Waals surface area contributed by atoms with Crippen molar-refractivity contribution >= 4 is 11.7 Å². The zero-order valence-electron chi connectivity index (χ0n) is 19.9. The number of aromatic nitrogens is 2. The topological polar surface area (TPSA) is 116 Å². The van der Waals surface area contributed by atoms with Gasteiger partial charge in [-0.05, 0) is 50.8 Å². The van der Waals surface area contributed by atoms with E-state index >= 15 is 0 Å². The van der Waals surface area contributed by atoms with E-state index in [1.807, 2.05) is 18.2 Å². The highest BCUT2D eigenvalue weighted by atomic mass is 19.4. The second-order valence-electron chi connectivity index (χ2n) is 8.28. The monoisotopic (exact) mass is 491 g/mol. The second kappa shape index (κ2) is 13.0. The molecule has 2 N–H and O–H groups in total. The van der Waals surface area contributed by atoms with Gasteiger partial charge < -0.3 is 24.3 Å². The van der Waals surface area contributed by atoms with Gasteiger partial charge in [-0.15, -0.1) is 0 Å². The van der Waals surface area contributed by atoms with E-state index in [9.17, 15) is 18.0 Å². The standard InChI is InChI=1S/C20H31N3O4.C2HF3O2/c1-15(8-7-12-20(2,3)26-5)11-13-21-16-9-6-10-17(14-16)23-19(24)27-18(22-23)25-4;3-2(4,5)1(6)7/h6,9-10,14-15,21H,7-8,11-13H2,1-5H3;(H,6,7). The molecule has 2 aromatic rings. The molecule has 1 aromatic heterocycles. The maximum atomic E-state index is 11.8. The van der Waals surface area contributed by atoms with Crippen molar-refractivity contribution < 1.29 is 37.0 Å². The highest BCUT2D eigenvalue weighted by Crippen LogP contribution is 2.21. The number of nitrogens with one attached hydrogen (secondary N) is 1. The van der Waals surface area contributed by atoms with Crippen molar-refractivity contribution in [1.82, 2.24) is 9.78 Å². The van der Waals surface area contributed by atoms with Crippen molar-refractivity contribution in [1.29, 1.82) is 0 Å². The number of hydrogen-bond acceptors (Lipinski definition) is 7. The van der Waals surface area contributed by atoms with Crippen LogP contribution in [-0.4, -0.2) is 53.4 Å². The fourth-order valence-corrected chi connectivity index (χ4v) is 2.84. The lowest BCUT2D eigenvalue weighted by atomic mass is 9.95. The van der Waals surface area contributed by atoms with Crippen molar-refractivity contribution in [2.45, 2.75) is 58.2 Å². The second-order valence-corrected chi connectivity index (χ2v) is 8.28. The molecule has 2 rings (SSSR count). The lowest BCUT2D eigenvalue weighted by molar-refractivity contribution is -0.192. The molecule has 0 saturated heterocycles. The van der Waals surface area contributed by atoms with Gasteiger partial charge in [0.2, 0.25) is 0 Å². The number of benzene rings is 1. The van der Waals surface area contributed by atoms with E-state index in [4.69, 9.17) is 23.8 Å². The molecule has 1 heterocycles. The average molecular weight is 492 g/mol. The van der Waals surface area contributed by atoms with Gasteiger partial charge >= 0.3 is 24.0 Å². The van der Waals surface area contributed by atoms with E-state index in [0.29, 0.717) is 11.6 Å². The Hall–Kier alpha value is -3.02. The summed E-state index contributed by atoms with van der Waals surface area (Å²) in [6.45, 7) is 7.40. The van der Waals surface area contributed by atoms with Crippen molar-refractivity contribution in [3.63, 3.8) is 0 Å². The summed E-state index contributed by atoms with van der Waals surface area (Å²) in [5.41, 5.74) is 1.53. The molecule has 0 bridgehead atoms. The van der Waals surface area contributed by atoms with Crippen LogP contribution in [0.1, 0.15) is 46.5 Å². The largest absolute Gasteiger partial charge is 0.490 e. The van der Waals surface area contributed by atoms with Crippen LogP contribution in [-0.2, 0) is 9.53 Å². The summed E-state index contributed by atoms with van der Waals surface area (Å²) >= 11 is 0. The molecule has 1 unspecified atom stereocenters. The first-order valence-electron chi connectivity index (χ1n) is 10.6. The number of hydrogen-bond donors (Lipinski definition) is 2. The van der Waals surface area contributed by atoms with E-state index in [1.54, 1.807) is 13.2 Å². The third-order valence-corrected chi connectivity index (χ3v) is 5.03. The molecule has 9 nitrogen and oxygen atoms in total. The molecule has 0 saturated carbocycles. The molecule has 1 atom stereocenters. The van der Waals surface area contributed by atoms with Crippen molar-refractivity contribution in [3.8, 4) is 11.8 Å². The van der Waals surface area contributed by atoms with E-state index in [0.717, 1.165) is 31.5 Å². The molecule has 0 fully saturated rings. The van der Waals surface area contributed by atoms with Crippen LogP contribution in [0.2, 0.25) is 0 Å². The smallest absolute Gasteiger partial charge is 0.475 e. The van der Waals surface area contributed by atoms with Gasteiger partial charge in [0.15, 0.2) is 0 Å². The van der Waals surface area contributed by atoms with Gasteiger partial charge in [-0.3, -0.25) is 0 Å². The van der Waals surface area contributed by atoms with Crippen LogP contribution in [0, 0.1) is 5.92 Å². The Morgan fingerprint density at radius 3 is 2.44 bits per heavy atom. The molecular formula is C22H32F3N3O6. The average Bonchev–Trinajstić information content (AvgIpc) is 3.14. The lowest BCUT2D eigenvalue weighted by Gasteiger charge is -2.23. The van der Waals surface area contributed by atoms with Crippen LogP contribution < -0.4 is 15.8 Å². The Morgan fingerprint density at radius 1 is 1.26 bits per heavy atom. The number of anilines is 1. The first kappa shape index (κ1) is 29.0. The number of carboxylic acids is 1. The summed E-state index contributed by atoms with van der Waals surface area (Å²) in [5, 5.41) is 14.5. The zero-order chi connectivity index (χ0) is 25.9. The van der Waals surface area contributed by atoms with Crippen molar-refractivity contribution in [2.75, 3.05) is 26.1 Å². The normalized spacial score (nSPS) is 12.5. The van der Waals surface area contributed by atoms with Crippen LogP contribution in [0.4, 0.5) is 18.9 Å². The molecule has 0 aliphatic rings. The van der Waals surface area contributed by atoms with Crippen molar-refractivity contribution in [2.24, 2.45) is 5.92 Å². The number of rotatable bonds is 11. The summed E-state index contributed by atoms with van der Waals surface area (Å²) < 4.78 is 48.1. The number of methoxy groups -OCH3 is 2. The summed E-state index contributed by atoms with van der Waals surface area (Å²) in [6.07, 6.45) is -0.644. The third-order valence-electron chi connectivity index (χ3n) is 5.03. The Bertz CT molecular complexity index is 956. The van der Waals surface area contributed by atoms with Gasteiger partial charge in [-0.1, -0.05) is 30.9 Å². The summed E-state index contributed by atoms with van der Waals surface area (Å²) in [4.78, 5) is 20.7. The van der Waals surface area contributed by atoms with Gasteiger partial charge in [0, 0.05) is 19.3 Å². The molecule has 34 heavy (non-hydrogen) atoms. The molecule has 12 heteroatoms. The van der Waals surface area contributed by atoms with Gasteiger partial charge in [0.1, 0.15) is 0 Å². The molecule has 0 aliphatic carbocycles. The number of halogens is 3. The molecule has 0 radical (unpaired) electrons. The van der Waals surface area contributed by atoms with Crippen LogP contribution >= 0.6 is 0 Å². The number of nitrogens with zero attached hydrogens (tertiary/aromatic N) is 2. The lowest BCUT2D eigenvalue weighted by Crippen LogP contribution is -2.22. The van der Waals surface area contributed by atoms with E-state index < -0.39 is 17.9 Å². The predicted octanol–water partition coefficient (Wildman–Crippen LogP) is 4.50. The van der Waals surface area contributed by atoms with Gasteiger partial charge in [-0.25, -0.2) is 9.59 Å². The fraction of sp³-hybridized carbons (Fsp3) is 0.591.